The lowest BCUT2D eigenvalue weighted by atomic mass is 9.77. The van der Waals surface area contributed by atoms with E-state index in [0.29, 0.717) is 17.7 Å². The van der Waals surface area contributed by atoms with Crippen LogP contribution in [-0.4, -0.2) is 53.6 Å². The van der Waals surface area contributed by atoms with E-state index in [1.54, 1.807) is 13.2 Å². The number of amides is 1. The molecule has 1 N–H and O–H groups in total. The Kier molecular flexibility index (Phi) is 5.31. The largest absolute Gasteiger partial charge is 0.504 e. The van der Waals surface area contributed by atoms with E-state index in [2.05, 4.69) is 9.80 Å². The number of nitrogens with zero attached hydrogens (tertiary/aromatic N) is 2. The summed E-state index contributed by atoms with van der Waals surface area (Å²) in [6, 6.07) is 6.07. The quantitative estimate of drug-likeness (QED) is 0.878. The topological polar surface area (TPSA) is 53.0 Å². The van der Waals surface area contributed by atoms with Crippen LogP contribution in [-0.2, 0) is 11.3 Å². The number of likely N-dealkylation sites (tertiary alicyclic amines) is 2. The first kappa shape index (κ1) is 18.6. The van der Waals surface area contributed by atoms with Gasteiger partial charge in [-0.1, -0.05) is 25.3 Å². The van der Waals surface area contributed by atoms with Crippen LogP contribution in [0, 0.1) is 5.41 Å². The van der Waals surface area contributed by atoms with Crippen molar-refractivity contribution in [2.24, 2.45) is 5.41 Å². The van der Waals surface area contributed by atoms with Crippen molar-refractivity contribution in [2.45, 2.75) is 64.0 Å². The maximum absolute atomic E-state index is 13.4. The molecule has 1 amide bonds. The monoisotopic (exact) mass is 372 g/mol. The molecule has 1 aliphatic carbocycles. The Hall–Kier alpha value is -1.75. The molecule has 2 saturated heterocycles. The number of carbonyl (C=O) groups is 1. The first-order chi connectivity index (χ1) is 13.1. The van der Waals surface area contributed by atoms with Crippen LogP contribution in [0.2, 0.25) is 0 Å². The van der Waals surface area contributed by atoms with Gasteiger partial charge < -0.3 is 14.7 Å². The van der Waals surface area contributed by atoms with Gasteiger partial charge in [-0.15, -0.1) is 0 Å². The van der Waals surface area contributed by atoms with Crippen molar-refractivity contribution < 1.29 is 14.6 Å². The van der Waals surface area contributed by atoms with Crippen molar-refractivity contribution in [3.8, 4) is 11.5 Å². The molecular weight excluding hydrogens is 340 g/mol. The summed E-state index contributed by atoms with van der Waals surface area (Å²) in [5, 5.41) is 10.0. The van der Waals surface area contributed by atoms with E-state index in [9.17, 15) is 9.90 Å². The Morgan fingerprint density at radius 2 is 1.96 bits per heavy atom. The van der Waals surface area contributed by atoms with E-state index in [0.717, 1.165) is 51.0 Å². The van der Waals surface area contributed by atoms with Crippen LogP contribution in [0.1, 0.15) is 56.9 Å². The molecule has 3 fully saturated rings. The Bertz CT molecular complexity index is 686. The van der Waals surface area contributed by atoms with Gasteiger partial charge in [0.05, 0.1) is 12.5 Å². The molecular formula is C22H32N2O3. The van der Waals surface area contributed by atoms with E-state index in [4.69, 9.17) is 4.74 Å². The van der Waals surface area contributed by atoms with Crippen LogP contribution in [0.3, 0.4) is 0 Å². The molecule has 4 rings (SSSR count). The van der Waals surface area contributed by atoms with Gasteiger partial charge in [-0.25, -0.2) is 0 Å². The number of aromatic hydroxyl groups is 1. The fraction of sp³-hybridized carbons (Fsp3) is 0.682. The molecule has 2 aliphatic heterocycles. The van der Waals surface area contributed by atoms with Crippen LogP contribution in [0.15, 0.2) is 18.2 Å². The first-order valence-corrected chi connectivity index (χ1v) is 10.5. The fourth-order valence-electron chi connectivity index (χ4n) is 5.41. The summed E-state index contributed by atoms with van der Waals surface area (Å²) in [5.74, 6) is 1.10. The maximum atomic E-state index is 13.4. The molecule has 5 heteroatoms. The lowest BCUT2D eigenvalue weighted by Gasteiger charge is -2.44. The summed E-state index contributed by atoms with van der Waals surface area (Å²) in [6.07, 6.45) is 9.39. The zero-order chi connectivity index (χ0) is 18.9. The highest BCUT2D eigenvalue weighted by Gasteiger charge is 2.49. The van der Waals surface area contributed by atoms with Gasteiger partial charge in [-0.3, -0.25) is 9.69 Å². The van der Waals surface area contributed by atoms with Gasteiger partial charge in [-0.2, -0.15) is 0 Å². The molecule has 0 bridgehead atoms. The van der Waals surface area contributed by atoms with Crippen molar-refractivity contribution in [1.82, 2.24) is 9.80 Å². The summed E-state index contributed by atoms with van der Waals surface area (Å²) in [4.78, 5) is 18.0. The summed E-state index contributed by atoms with van der Waals surface area (Å²) in [7, 11) is 1.56. The lowest BCUT2D eigenvalue weighted by molar-refractivity contribution is -0.149. The predicted octanol–water partition coefficient (Wildman–Crippen LogP) is 3.55. The third kappa shape index (κ3) is 3.66. The summed E-state index contributed by atoms with van der Waals surface area (Å²) >= 11 is 0. The molecule has 1 atom stereocenters. The maximum Gasteiger partial charge on any atom is 0.230 e. The van der Waals surface area contributed by atoms with Crippen LogP contribution < -0.4 is 4.74 Å². The molecule has 27 heavy (non-hydrogen) atoms. The highest BCUT2D eigenvalue weighted by molar-refractivity contribution is 5.84. The average molecular weight is 373 g/mol. The van der Waals surface area contributed by atoms with Gasteiger partial charge in [0.2, 0.25) is 5.91 Å². The minimum absolute atomic E-state index is 0.176. The highest BCUT2D eigenvalue weighted by atomic mass is 16.5. The standard InChI is InChI=1S/C22H32N2O3/c1-27-20-9-8-17(14-19(20)25)15-23-13-11-22(16-23)10-5-12-24(21(22)26)18-6-3-2-4-7-18/h8-9,14,18,25H,2-7,10-13,15-16H2,1H3/t22-/m1/s1. The van der Waals surface area contributed by atoms with Crippen LogP contribution >= 0.6 is 0 Å². The third-order valence-corrected chi connectivity index (χ3v) is 6.87. The van der Waals surface area contributed by atoms with Crippen LogP contribution in [0.4, 0.5) is 0 Å². The van der Waals surface area contributed by atoms with Gasteiger partial charge in [0.15, 0.2) is 11.5 Å². The van der Waals surface area contributed by atoms with Gasteiger partial charge in [-0.05, 0) is 56.3 Å². The highest BCUT2D eigenvalue weighted by Crippen LogP contribution is 2.42. The zero-order valence-corrected chi connectivity index (χ0v) is 16.5. The second-order valence-electron chi connectivity index (χ2n) is 8.64. The Morgan fingerprint density at radius 1 is 1.15 bits per heavy atom. The molecule has 1 aromatic rings. The Morgan fingerprint density at radius 3 is 2.70 bits per heavy atom. The second kappa shape index (κ2) is 7.70. The number of ether oxygens (including phenoxy) is 1. The normalized spacial score (nSPS) is 27.4. The van der Waals surface area contributed by atoms with Crippen molar-refractivity contribution >= 4 is 5.91 Å². The predicted molar refractivity (Wildman–Crippen MR) is 105 cm³/mol. The molecule has 1 saturated carbocycles. The molecule has 3 aliphatic rings. The molecule has 2 heterocycles. The minimum Gasteiger partial charge on any atom is -0.504 e. The van der Waals surface area contributed by atoms with Crippen molar-refractivity contribution in [3.05, 3.63) is 23.8 Å². The second-order valence-corrected chi connectivity index (χ2v) is 8.64. The van der Waals surface area contributed by atoms with Gasteiger partial charge in [0.25, 0.3) is 0 Å². The first-order valence-electron chi connectivity index (χ1n) is 10.5. The van der Waals surface area contributed by atoms with Crippen LogP contribution in [0.5, 0.6) is 11.5 Å². The Balaban J connectivity index is 1.42. The number of phenolic OH excluding ortho intramolecular Hbond substituents is 1. The molecule has 0 radical (unpaired) electrons. The average Bonchev–Trinajstić information content (AvgIpc) is 3.08. The number of carbonyl (C=O) groups excluding carboxylic acids is 1. The number of benzene rings is 1. The summed E-state index contributed by atoms with van der Waals surface area (Å²) in [5.41, 5.74) is 0.891. The molecule has 0 aromatic heterocycles. The SMILES string of the molecule is COc1ccc(CN2CC[C@]3(CCCN(C4CCCCC4)C3=O)C2)cc1O. The molecule has 5 nitrogen and oxygen atoms in total. The van der Waals surface area contributed by atoms with E-state index >= 15 is 0 Å². The molecule has 1 aromatic carbocycles. The van der Waals surface area contributed by atoms with Gasteiger partial charge >= 0.3 is 0 Å². The van der Waals surface area contributed by atoms with E-state index < -0.39 is 0 Å². The fourth-order valence-corrected chi connectivity index (χ4v) is 5.41. The van der Waals surface area contributed by atoms with Gasteiger partial charge in [0.1, 0.15) is 0 Å². The van der Waals surface area contributed by atoms with Crippen molar-refractivity contribution in [1.29, 1.82) is 0 Å². The number of methoxy groups -OCH3 is 1. The van der Waals surface area contributed by atoms with Crippen LogP contribution in [0.25, 0.3) is 0 Å². The minimum atomic E-state index is -0.176. The van der Waals surface area contributed by atoms with Gasteiger partial charge in [0, 0.05) is 25.7 Å². The molecule has 0 unspecified atom stereocenters. The summed E-state index contributed by atoms with van der Waals surface area (Å²) in [6.45, 7) is 3.53. The summed E-state index contributed by atoms with van der Waals surface area (Å²) < 4.78 is 5.13. The number of hydrogen-bond acceptors (Lipinski definition) is 4. The Labute approximate surface area is 162 Å². The van der Waals surface area contributed by atoms with E-state index in [1.807, 2.05) is 12.1 Å². The third-order valence-electron chi connectivity index (χ3n) is 6.87. The zero-order valence-electron chi connectivity index (χ0n) is 16.5. The number of hydrogen-bond donors (Lipinski definition) is 1. The lowest BCUT2D eigenvalue weighted by Crippen LogP contribution is -2.54. The smallest absolute Gasteiger partial charge is 0.230 e. The number of phenols is 1. The van der Waals surface area contributed by atoms with E-state index in [-0.39, 0.29) is 11.2 Å². The van der Waals surface area contributed by atoms with Crippen molar-refractivity contribution in [2.75, 3.05) is 26.7 Å². The van der Waals surface area contributed by atoms with E-state index in [1.165, 1.54) is 32.1 Å². The number of rotatable bonds is 4. The van der Waals surface area contributed by atoms with Crippen molar-refractivity contribution in [3.63, 3.8) is 0 Å². The molecule has 148 valence electrons. The number of piperidine rings is 1. The molecule has 1 spiro atoms.